The quantitative estimate of drug-likeness (QED) is 0.803. The highest BCUT2D eigenvalue weighted by molar-refractivity contribution is 5.96. The minimum atomic E-state index is -0.566. The lowest BCUT2D eigenvalue weighted by atomic mass is 9.85. The molecule has 1 heterocycles. The molecule has 1 aromatic rings. The van der Waals surface area contributed by atoms with E-state index in [1.165, 1.54) is 0 Å². The van der Waals surface area contributed by atoms with Crippen molar-refractivity contribution in [2.24, 2.45) is 11.1 Å². The van der Waals surface area contributed by atoms with E-state index in [2.05, 4.69) is 5.32 Å². The molecule has 0 aliphatic carbocycles. The number of anilines is 1. The number of amides is 1. The smallest absolute Gasteiger partial charge is 0.236 e. The lowest BCUT2D eigenvalue weighted by Gasteiger charge is -2.38. The zero-order valence-corrected chi connectivity index (χ0v) is 9.73. The summed E-state index contributed by atoms with van der Waals surface area (Å²) in [7, 11) is 1.59. The zero-order chi connectivity index (χ0) is 12.3. The third kappa shape index (κ3) is 2.25. The first-order valence-corrected chi connectivity index (χ1v) is 5.43. The topological polar surface area (TPSA) is 73.6 Å². The van der Waals surface area contributed by atoms with Gasteiger partial charge in [0.2, 0.25) is 5.91 Å². The standard InChI is InChI=1S/C12H16N2O3/c1-16-10-4-2-3-9(5-10)14-11(15)12(6-13)7-17-8-12/h2-5H,6-8,13H2,1H3,(H,14,15). The first kappa shape index (κ1) is 11.9. The number of hydrogen-bond acceptors (Lipinski definition) is 4. The summed E-state index contributed by atoms with van der Waals surface area (Å²) in [5.41, 5.74) is 5.75. The predicted octanol–water partition coefficient (Wildman–Crippen LogP) is 0.609. The number of benzene rings is 1. The molecule has 1 amide bonds. The molecular formula is C12H16N2O3. The van der Waals surface area contributed by atoms with Gasteiger partial charge >= 0.3 is 0 Å². The van der Waals surface area contributed by atoms with Gasteiger partial charge in [-0.25, -0.2) is 0 Å². The molecule has 3 N–H and O–H groups in total. The fourth-order valence-electron chi connectivity index (χ4n) is 1.65. The van der Waals surface area contributed by atoms with Crippen LogP contribution >= 0.6 is 0 Å². The van der Waals surface area contributed by atoms with Crippen LogP contribution in [0.1, 0.15) is 0 Å². The highest BCUT2D eigenvalue weighted by Gasteiger charge is 2.44. The molecule has 0 atom stereocenters. The number of carbonyl (C=O) groups excluding carboxylic acids is 1. The summed E-state index contributed by atoms with van der Waals surface area (Å²) in [5.74, 6) is 0.606. The largest absolute Gasteiger partial charge is 0.497 e. The molecule has 0 aromatic heterocycles. The number of methoxy groups -OCH3 is 1. The van der Waals surface area contributed by atoms with Crippen LogP contribution in [0.5, 0.6) is 5.75 Å². The van der Waals surface area contributed by atoms with Crippen LogP contribution in [0.15, 0.2) is 24.3 Å². The van der Waals surface area contributed by atoms with Gasteiger partial charge in [-0.2, -0.15) is 0 Å². The summed E-state index contributed by atoms with van der Waals surface area (Å²) in [4.78, 5) is 12.0. The molecule has 0 unspecified atom stereocenters. The van der Waals surface area contributed by atoms with E-state index in [1.54, 1.807) is 13.2 Å². The Labute approximate surface area is 99.9 Å². The first-order valence-electron chi connectivity index (χ1n) is 5.43. The number of ether oxygens (including phenoxy) is 2. The van der Waals surface area contributed by atoms with Crippen LogP contribution < -0.4 is 15.8 Å². The van der Waals surface area contributed by atoms with Crippen molar-refractivity contribution < 1.29 is 14.3 Å². The Hall–Kier alpha value is -1.59. The summed E-state index contributed by atoms with van der Waals surface area (Å²) in [6.45, 7) is 1.07. The Kier molecular flexibility index (Phi) is 3.31. The second kappa shape index (κ2) is 4.73. The molecule has 1 aliphatic rings. The van der Waals surface area contributed by atoms with Gasteiger partial charge in [-0.1, -0.05) is 6.07 Å². The molecular weight excluding hydrogens is 220 g/mol. The molecule has 1 saturated heterocycles. The minimum Gasteiger partial charge on any atom is -0.497 e. The maximum absolute atomic E-state index is 12.0. The Morgan fingerprint density at radius 1 is 1.59 bits per heavy atom. The number of nitrogens with two attached hydrogens (primary N) is 1. The summed E-state index contributed by atoms with van der Waals surface area (Å²) < 4.78 is 10.2. The van der Waals surface area contributed by atoms with Gasteiger partial charge in [-0.3, -0.25) is 4.79 Å². The molecule has 0 radical (unpaired) electrons. The molecule has 0 saturated carbocycles. The highest BCUT2D eigenvalue weighted by atomic mass is 16.5. The normalized spacial score (nSPS) is 17.1. The fourth-order valence-corrected chi connectivity index (χ4v) is 1.65. The predicted molar refractivity (Wildman–Crippen MR) is 63.9 cm³/mol. The van der Waals surface area contributed by atoms with Gasteiger partial charge < -0.3 is 20.5 Å². The number of hydrogen-bond donors (Lipinski definition) is 2. The molecule has 92 valence electrons. The van der Waals surface area contributed by atoms with E-state index < -0.39 is 5.41 Å². The maximum atomic E-state index is 12.0. The van der Waals surface area contributed by atoms with Crippen LogP contribution in [0, 0.1) is 5.41 Å². The second-order valence-electron chi connectivity index (χ2n) is 4.16. The van der Waals surface area contributed by atoms with Gasteiger partial charge in [-0.05, 0) is 12.1 Å². The summed E-state index contributed by atoms with van der Waals surface area (Å²) in [5, 5.41) is 2.83. The molecule has 1 fully saturated rings. The molecule has 1 aliphatic heterocycles. The Bertz CT molecular complexity index is 410. The third-order valence-corrected chi connectivity index (χ3v) is 2.96. The maximum Gasteiger partial charge on any atom is 0.236 e. The van der Waals surface area contributed by atoms with E-state index >= 15 is 0 Å². The van der Waals surface area contributed by atoms with Crippen LogP contribution in [0.25, 0.3) is 0 Å². The van der Waals surface area contributed by atoms with E-state index in [0.29, 0.717) is 31.2 Å². The van der Waals surface area contributed by atoms with Crippen molar-refractivity contribution >= 4 is 11.6 Å². The Morgan fingerprint density at radius 2 is 2.35 bits per heavy atom. The summed E-state index contributed by atoms with van der Waals surface area (Å²) in [6, 6.07) is 7.22. The number of nitrogens with one attached hydrogen (secondary N) is 1. The van der Waals surface area contributed by atoms with E-state index in [0.717, 1.165) is 0 Å². The van der Waals surface area contributed by atoms with E-state index in [9.17, 15) is 4.79 Å². The molecule has 5 nitrogen and oxygen atoms in total. The zero-order valence-electron chi connectivity index (χ0n) is 9.73. The van der Waals surface area contributed by atoms with Crippen molar-refractivity contribution in [1.82, 2.24) is 0 Å². The fraction of sp³-hybridized carbons (Fsp3) is 0.417. The average Bonchev–Trinajstić information content (AvgIpc) is 2.28. The van der Waals surface area contributed by atoms with E-state index in [1.807, 2.05) is 18.2 Å². The Balaban J connectivity index is 2.07. The first-order chi connectivity index (χ1) is 8.20. The van der Waals surface area contributed by atoms with Crippen LogP contribution in [-0.2, 0) is 9.53 Å². The van der Waals surface area contributed by atoms with Gasteiger partial charge in [0, 0.05) is 18.3 Å². The molecule has 5 heteroatoms. The van der Waals surface area contributed by atoms with E-state index in [4.69, 9.17) is 15.2 Å². The van der Waals surface area contributed by atoms with Crippen LogP contribution in [-0.4, -0.2) is 32.8 Å². The summed E-state index contributed by atoms with van der Waals surface area (Å²) in [6.07, 6.45) is 0. The van der Waals surface area contributed by atoms with E-state index in [-0.39, 0.29) is 5.91 Å². The minimum absolute atomic E-state index is 0.0977. The van der Waals surface area contributed by atoms with Gasteiger partial charge in [0.25, 0.3) is 0 Å². The van der Waals surface area contributed by atoms with Crippen molar-refractivity contribution in [3.05, 3.63) is 24.3 Å². The van der Waals surface area contributed by atoms with Gasteiger partial charge in [0.05, 0.1) is 20.3 Å². The van der Waals surface area contributed by atoms with Crippen molar-refractivity contribution in [2.45, 2.75) is 0 Å². The SMILES string of the molecule is COc1cccc(NC(=O)C2(CN)COC2)c1. The molecule has 2 rings (SSSR count). The molecule has 0 spiro atoms. The lowest BCUT2D eigenvalue weighted by molar-refractivity contribution is -0.153. The van der Waals surface area contributed by atoms with Crippen LogP contribution in [0.2, 0.25) is 0 Å². The van der Waals surface area contributed by atoms with Crippen LogP contribution in [0.3, 0.4) is 0 Å². The Morgan fingerprint density at radius 3 is 2.88 bits per heavy atom. The lowest BCUT2D eigenvalue weighted by Crippen LogP contribution is -2.56. The van der Waals surface area contributed by atoms with Gasteiger partial charge in [-0.15, -0.1) is 0 Å². The van der Waals surface area contributed by atoms with Crippen LogP contribution in [0.4, 0.5) is 5.69 Å². The molecule has 0 bridgehead atoms. The highest BCUT2D eigenvalue weighted by Crippen LogP contribution is 2.28. The molecule has 17 heavy (non-hydrogen) atoms. The second-order valence-corrected chi connectivity index (χ2v) is 4.16. The van der Waals surface area contributed by atoms with Crippen molar-refractivity contribution in [1.29, 1.82) is 0 Å². The number of carbonyl (C=O) groups is 1. The molecule has 1 aromatic carbocycles. The monoisotopic (exact) mass is 236 g/mol. The van der Waals surface area contributed by atoms with Crippen molar-refractivity contribution in [3.8, 4) is 5.75 Å². The number of rotatable bonds is 4. The van der Waals surface area contributed by atoms with Crippen molar-refractivity contribution in [2.75, 3.05) is 32.2 Å². The van der Waals surface area contributed by atoms with Gasteiger partial charge in [0.1, 0.15) is 11.2 Å². The third-order valence-electron chi connectivity index (χ3n) is 2.96. The van der Waals surface area contributed by atoms with Gasteiger partial charge in [0.15, 0.2) is 0 Å². The van der Waals surface area contributed by atoms with Crippen molar-refractivity contribution in [3.63, 3.8) is 0 Å². The average molecular weight is 236 g/mol. The summed E-state index contributed by atoms with van der Waals surface area (Å²) >= 11 is 0.